The first-order valence-corrected chi connectivity index (χ1v) is 10.4. The van der Waals surface area contributed by atoms with Crippen LogP contribution in [0, 0.1) is 5.92 Å². The van der Waals surface area contributed by atoms with Crippen molar-refractivity contribution < 1.29 is 13.2 Å². The predicted octanol–water partition coefficient (Wildman–Crippen LogP) is 2.33. The smallest absolute Gasteiger partial charge is 0.243 e. The molecule has 5 nitrogen and oxygen atoms in total. The predicted molar refractivity (Wildman–Crippen MR) is 92.6 cm³/mol. The second-order valence-electron chi connectivity index (χ2n) is 7.35. The molecular weight excluding hydrogens is 324 g/mol. The summed E-state index contributed by atoms with van der Waals surface area (Å²) in [4.78, 5) is 14.4. The van der Waals surface area contributed by atoms with Crippen molar-refractivity contribution in [3.05, 3.63) is 23.3 Å². The van der Waals surface area contributed by atoms with Gasteiger partial charge in [-0.05, 0) is 61.3 Å². The fourth-order valence-electron chi connectivity index (χ4n) is 4.28. The molecule has 0 bridgehead atoms. The number of carbonyl (C=O) groups is 1. The number of aryl methyl sites for hydroxylation is 2. The van der Waals surface area contributed by atoms with Crippen LogP contribution in [0.4, 0.5) is 5.69 Å². The quantitative estimate of drug-likeness (QED) is 0.824. The molecule has 0 aliphatic carbocycles. The zero-order valence-electron chi connectivity index (χ0n) is 14.1. The summed E-state index contributed by atoms with van der Waals surface area (Å²) in [7, 11) is -3.44. The maximum atomic E-state index is 13.1. The minimum atomic E-state index is -3.44. The Morgan fingerprint density at radius 1 is 1.04 bits per heavy atom. The van der Waals surface area contributed by atoms with Crippen LogP contribution in [0.5, 0.6) is 0 Å². The number of amides is 1. The Kier molecular flexibility index (Phi) is 3.92. The lowest BCUT2D eigenvalue weighted by molar-refractivity contribution is -0.119. The van der Waals surface area contributed by atoms with Crippen LogP contribution >= 0.6 is 0 Å². The fraction of sp³-hybridized carbons (Fsp3) is 0.611. The molecule has 0 unspecified atom stereocenters. The molecule has 3 aliphatic rings. The fourth-order valence-corrected chi connectivity index (χ4v) is 5.98. The van der Waals surface area contributed by atoms with Gasteiger partial charge in [0.1, 0.15) is 0 Å². The van der Waals surface area contributed by atoms with Crippen LogP contribution in [-0.4, -0.2) is 38.3 Å². The van der Waals surface area contributed by atoms with E-state index < -0.39 is 10.0 Å². The average Bonchev–Trinajstić information content (AvgIpc) is 2.58. The van der Waals surface area contributed by atoms with Gasteiger partial charge in [-0.2, -0.15) is 4.31 Å². The van der Waals surface area contributed by atoms with Gasteiger partial charge >= 0.3 is 0 Å². The van der Waals surface area contributed by atoms with Crippen LogP contribution in [0.1, 0.15) is 43.7 Å². The molecular formula is C18H24N2O3S. The number of piperidine rings is 1. The molecule has 3 aliphatic heterocycles. The van der Waals surface area contributed by atoms with E-state index in [1.807, 2.05) is 17.0 Å². The van der Waals surface area contributed by atoms with Gasteiger partial charge in [0.2, 0.25) is 15.9 Å². The van der Waals surface area contributed by atoms with Gasteiger partial charge < -0.3 is 4.90 Å². The van der Waals surface area contributed by atoms with Gasteiger partial charge in [0.05, 0.1) is 10.6 Å². The van der Waals surface area contributed by atoms with Crippen LogP contribution in [0.15, 0.2) is 17.0 Å². The van der Waals surface area contributed by atoms with Crippen LogP contribution in [-0.2, 0) is 27.7 Å². The van der Waals surface area contributed by atoms with Crippen molar-refractivity contribution >= 4 is 21.6 Å². The molecule has 4 rings (SSSR count). The van der Waals surface area contributed by atoms with E-state index >= 15 is 0 Å². The summed E-state index contributed by atoms with van der Waals surface area (Å²) in [5, 5.41) is 0. The van der Waals surface area contributed by atoms with E-state index in [1.54, 1.807) is 4.31 Å². The number of hydrogen-bond acceptors (Lipinski definition) is 3. The molecule has 1 atom stereocenters. The molecule has 0 saturated carbocycles. The summed E-state index contributed by atoms with van der Waals surface area (Å²) in [6.45, 7) is 4.10. The van der Waals surface area contributed by atoms with Crippen LogP contribution in [0.25, 0.3) is 0 Å². The van der Waals surface area contributed by atoms with Crippen molar-refractivity contribution in [3.8, 4) is 0 Å². The van der Waals surface area contributed by atoms with Crippen molar-refractivity contribution in [2.24, 2.45) is 5.92 Å². The second-order valence-corrected chi connectivity index (χ2v) is 9.29. The summed E-state index contributed by atoms with van der Waals surface area (Å²) < 4.78 is 27.8. The molecule has 1 saturated heterocycles. The van der Waals surface area contributed by atoms with Crippen LogP contribution < -0.4 is 4.90 Å². The Morgan fingerprint density at radius 3 is 2.54 bits per heavy atom. The van der Waals surface area contributed by atoms with E-state index in [9.17, 15) is 13.2 Å². The molecule has 0 aromatic heterocycles. The minimum Gasteiger partial charge on any atom is -0.312 e. The number of anilines is 1. The number of carbonyl (C=O) groups excluding carboxylic acids is 1. The SMILES string of the molecule is C[C@H]1CCCN(S(=O)(=O)c2cc3c4c(c2)CCC(=O)N4CCC3)C1. The third-order valence-electron chi connectivity index (χ3n) is 5.51. The molecule has 1 amide bonds. The third kappa shape index (κ3) is 2.56. The minimum absolute atomic E-state index is 0.170. The first-order valence-electron chi connectivity index (χ1n) is 8.93. The van der Waals surface area contributed by atoms with E-state index in [-0.39, 0.29) is 5.91 Å². The number of sulfonamides is 1. The molecule has 24 heavy (non-hydrogen) atoms. The zero-order valence-corrected chi connectivity index (χ0v) is 14.9. The van der Waals surface area contributed by atoms with Crippen molar-refractivity contribution in [1.29, 1.82) is 0 Å². The van der Waals surface area contributed by atoms with Crippen molar-refractivity contribution in [1.82, 2.24) is 4.31 Å². The maximum absolute atomic E-state index is 13.1. The van der Waals surface area contributed by atoms with Crippen molar-refractivity contribution in [2.75, 3.05) is 24.5 Å². The highest BCUT2D eigenvalue weighted by molar-refractivity contribution is 7.89. The first-order chi connectivity index (χ1) is 11.5. The number of hydrogen-bond donors (Lipinski definition) is 0. The van der Waals surface area contributed by atoms with Gasteiger partial charge in [0, 0.05) is 26.1 Å². The molecule has 1 aromatic carbocycles. The second kappa shape index (κ2) is 5.85. The molecule has 0 N–H and O–H groups in total. The normalized spacial score (nSPS) is 24.8. The van der Waals surface area contributed by atoms with Gasteiger partial charge in [-0.1, -0.05) is 6.92 Å². The van der Waals surface area contributed by atoms with Gasteiger partial charge in [-0.3, -0.25) is 4.79 Å². The monoisotopic (exact) mass is 348 g/mol. The van der Waals surface area contributed by atoms with Crippen molar-refractivity contribution in [2.45, 2.75) is 50.3 Å². The Hall–Kier alpha value is -1.40. The summed E-state index contributed by atoms with van der Waals surface area (Å²) in [6.07, 6.45) is 4.92. The Bertz CT molecular complexity index is 770. The van der Waals surface area contributed by atoms with Crippen molar-refractivity contribution in [3.63, 3.8) is 0 Å². The summed E-state index contributed by atoms with van der Waals surface area (Å²) >= 11 is 0. The van der Waals surface area contributed by atoms with Gasteiger partial charge in [-0.15, -0.1) is 0 Å². The highest BCUT2D eigenvalue weighted by Crippen LogP contribution is 2.38. The molecule has 130 valence electrons. The molecule has 6 heteroatoms. The lowest BCUT2D eigenvalue weighted by Gasteiger charge is -2.36. The van der Waals surface area contributed by atoms with E-state index in [4.69, 9.17) is 0 Å². The van der Waals surface area contributed by atoms with Crippen LogP contribution in [0.3, 0.4) is 0 Å². The lowest BCUT2D eigenvalue weighted by atomic mass is 9.92. The van der Waals surface area contributed by atoms with E-state index in [1.165, 1.54) is 0 Å². The topological polar surface area (TPSA) is 57.7 Å². The van der Waals surface area contributed by atoms with E-state index in [0.29, 0.717) is 36.7 Å². The summed E-state index contributed by atoms with van der Waals surface area (Å²) in [5.74, 6) is 0.585. The summed E-state index contributed by atoms with van der Waals surface area (Å²) in [5.41, 5.74) is 3.04. The Balaban J connectivity index is 1.76. The first kappa shape index (κ1) is 16.1. The van der Waals surface area contributed by atoms with Gasteiger partial charge in [-0.25, -0.2) is 8.42 Å². The molecule has 0 spiro atoms. The maximum Gasteiger partial charge on any atom is 0.243 e. The average molecular weight is 348 g/mol. The molecule has 0 radical (unpaired) electrons. The van der Waals surface area contributed by atoms with E-state index in [0.717, 1.165) is 49.0 Å². The highest BCUT2D eigenvalue weighted by Gasteiger charge is 2.34. The number of rotatable bonds is 2. The van der Waals surface area contributed by atoms with Crippen LogP contribution in [0.2, 0.25) is 0 Å². The molecule has 1 fully saturated rings. The Morgan fingerprint density at radius 2 is 1.79 bits per heavy atom. The van der Waals surface area contributed by atoms with E-state index in [2.05, 4.69) is 6.92 Å². The molecule has 3 heterocycles. The largest absolute Gasteiger partial charge is 0.312 e. The number of nitrogens with zero attached hydrogens (tertiary/aromatic N) is 2. The third-order valence-corrected chi connectivity index (χ3v) is 7.35. The standard InChI is InChI=1S/C18H24N2O3S/c1-13-4-2-8-19(12-13)24(22,23)16-10-14-5-3-9-20-17(21)7-6-15(11-16)18(14)20/h10-11,13H,2-9,12H2,1H3/t13-/m0/s1. The molecule has 1 aromatic rings. The number of benzene rings is 1. The lowest BCUT2D eigenvalue weighted by Crippen LogP contribution is -2.41. The Labute approximate surface area is 143 Å². The van der Waals surface area contributed by atoms with Gasteiger partial charge in [0.15, 0.2) is 0 Å². The highest BCUT2D eigenvalue weighted by atomic mass is 32.2. The van der Waals surface area contributed by atoms with Gasteiger partial charge in [0.25, 0.3) is 0 Å². The summed E-state index contributed by atoms with van der Waals surface area (Å²) in [6, 6.07) is 3.64. The zero-order chi connectivity index (χ0) is 16.9.